The van der Waals surface area contributed by atoms with Crippen LogP contribution in [0, 0.1) is 5.92 Å². The van der Waals surface area contributed by atoms with Crippen molar-refractivity contribution in [1.82, 2.24) is 0 Å². The van der Waals surface area contributed by atoms with Crippen LogP contribution in [0.3, 0.4) is 0 Å². The van der Waals surface area contributed by atoms with Gasteiger partial charge in [0.15, 0.2) is 5.78 Å². The molecule has 0 radical (unpaired) electrons. The lowest BCUT2D eigenvalue weighted by Gasteiger charge is -2.22. The second kappa shape index (κ2) is 5.95. The third-order valence-electron chi connectivity index (χ3n) is 3.00. The molecule has 1 aliphatic carbocycles. The number of ketones is 1. The molecule has 0 aromatic heterocycles. The second-order valence-corrected chi connectivity index (χ2v) is 4.50. The molecule has 2 nitrogen and oxygen atoms in total. The lowest BCUT2D eigenvalue weighted by atomic mass is 9.86. The lowest BCUT2D eigenvalue weighted by Crippen LogP contribution is -2.41. The van der Waals surface area contributed by atoms with Crippen LogP contribution in [0.15, 0.2) is 0 Å². The first-order valence-corrected chi connectivity index (χ1v) is 5.79. The summed E-state index contributed by atoms with van der Waals surface area (Å²) in [5, 5.41) is 0. The molecule has 0 aliphatic heterocycles. The highest BCUT2D eigenvalue weighted by Crippen LogP contribution is 2.35. The zero-order valence-electron chi connectivity index (χ0n) is 9.73. The Hall–Kier alpha value is -0.720. The summed E-state index contributed by atoms with van der Waals surface area (Å²) in [6.45, 7) is -2.47. The fourth-order valence-electron chi connectivity index (χ4n) is 1.90. The van der Waals surface area contributed by atoms with Crippen molar-refractivity contribution in [3.8, 4) is 0 Å². The van der Waals surface area contributed by atoms with Crippen molar-refractivity contribution in [2.24, 2.45) is 5.92 Å². The fourth-order valence-corrected chi connectivity index (χ4v) is 1.90. The van der Waals surface area contributed by atoms with Crippen molar-refractivity contribution in [2.45, 2.75) is 44.2 Å². The molecule has 0 bridgehead atoms. The van der Waals surface area contributed by atoms with E-state index in [1.165, 1.54) is 0 Å². The SMILES string of the molecule is O=C(COCC(F)(F)C(F)(F)F)C1CCCCC1. The van der Waals surface area contributed by atoms with Crippen molar-refractivity contribution < 1.29 is 31.5 Å². The van der Waals surface area contributed by atoms with E-state index < -0.39 is 25.3 Å². The normalized spacial score (nSPS) is 18.9. The fraction of sp³-hybridized carbons (Fsp3) is 0.909. The van der Waals surface area contributed by atoms with E-state index >= 15 is 0 Å². The van der Waals surface area contributed by atoms with Gasteiger partial charge in [-0.15, -0.1) is 0 Å². The third-order valence-corrected chi connectivity index (χ3v) is 3.00. The van der Waals surface area contributed by atoms with E-state index in [2.05, 4.69) is 4.74 Å². The Morgan fingerprint density at radius 3 is 2.11 bits per heavy atom. The predicted molar refractivity (Wildman–Crippen MR) is 53.4 cm³/mol. The number of carbonyl (C=O) groups excluding carboxylic acids is 1. The molecule has 0 amide bonds. The molecule has 1 fully saturated rings. The summed E-state index contributed by atoms with van der Waals surface area (Å²) in [7, 11) is 0. The maximum absolute atomic E-state index is 12.5. The van der Waals surface area contributed by atoms with Gasteiger partial charge in [-0.3, -0.25) is 4.79 Å². The highest BCUT2D eigenvalue weighted by Gasteiger charge is 2.57. The molecule has 106 valence electrons. The van der Waals surface area contributed by atoms with Crippen LogP contribution in [-0.2, 0) is 9.53 Å². The molecule has 0 atom stereocenters. The third kappa shape index (κ3) is 4.19. The summed E-state index contributed by atoms with van der Waals surface area (Å²) in [5.41, 5.74) is 0. The Kier molecular flexibility index (Phi) is 5.07. The van der Waals surface area contributed by atoms with Gasteiger partial charge in [-0.25, -0.2) is 0 Å². The maximum Gasteiger partial charge on any atom is 0.455 e. The van der Waals surface area contributed by atoms with Gasteiger partial charge in [0.05, 0.1) is 0 Å². The summed E-state index contributed by atoms with van der Waals surface area (Å²) < 4.78 is 64.5. The Labute approximate surface area is 101 Å². The number of hydrogen-bond acceptors (Lipinski definition) is 2. The molecule has 1 saturated carbocycles. The zero-order chi connectivity index (χ0) is 13.8. The van der Waals surface area contributed by atoms with Gasteiger partial charge in [-0.05, 0) is 12.8 Å². The second-order valence-electron chi connectivity index (χ2n) is 4.50. The summed E-state index contributed by atoms with van der Waals surface area (Å²) in [6, 6.07) is 0. The van der Waals surface area contributed by atoms with Gasteiger partial charge in [0.25, 0.3) is 0 Å². The van der Waals surface area contributed by atoms with Crippen molar-refractivity contribution in [2.75, 3.05) is 13.2 Å². The Bertz CT molecular complexity index is 282. The number of alkyl halides is 5. The zero-order valence-corrected chi connectivity index (χ0v) is 9.73. The van der Waals surface area contributed by atoms with Crippen molar-refractivity contribution in [3.05, 3.63) is 0 Å². The highest BCUT2D eigenvalue weighted by atomic mass is 19.4. The maximum atomic E-state index is 12.5. The molecule has 0 unspecified atom stereocenters. The van der Waals surface area contributed by atoms with Gasteiger partial charge < -0.3 is 4.74 Å². The molecular formula is C11H15F5O2. The molecule has 0 spiro atoms. The van der Waals surface area contributed by atoms with Gasteiger partial charge in [0.1, 0.15) is 13.2 Å². The van der Waals surface area contributed by atoms with E-state index in [0.717, 1.165) is 19.3 Å². The van der Waals surface area contributed by atoms with Gasteiger partial charge in [0.2, 0.25) is 0 Å². The minimum absolute atomic E-state index is 0.252. The molecule has 1 rings (SSSR count). The quantitative estimate of drug-likeness (QED) is 0.719. The van der Waals surface area contributed by atoms with Crippen LogP contribution in [0.4, 0.5) is 22.0 Å². The number of carbonyl (C=O) groups is 1. The van der Waals surface area contributed by atoms with Crippen LogP contribution in [0.5, 0.6) is 0 Å². The minimum Gasteiger partial charge on any atom is -0.367 e. The number of hydrogen-bond donors (Lipinski definition) is 0. The van der Waals surface area contributed by atoms with Gasteiger partial charge in [0, 0.05) is 5.92 Å². The van der Waals surface area contributed by atoms with Crippen molar-refractivity contribution in [1.29, 1.82) is 0 Å². The van der Waals surface area contributed by atoms with Crippen LogP contribution >= 0.6 is 0 Å². The smallest absolute Gasteiger partial charge is 0.367 e. The largest absolute Gasteiger partial charge is 0.455 e. The van der Waals surface area contributed by atoms with Gasteiger partial charge in [-0.2, -0.15) is 22.0 Å². The molecule has 0 aromatic carbocycles. The first-order valence-electron chi connectivity index (χ1n) is 5.79. The molecular weight excluding hydrogens is 259 g/mol. The Morgan fingerprint density at radius 1 is 1.06 bits per heavy atom. The van der Waals surface area contributed by atoms with Gasteiger partial charge in [-0.1, -0.05) is 19.3 Å². The van der Waals surface area contributed by atoms with Crippen molar-refractivity contribution in [3.63, 3.8) is 0 Å². The average Bonchev–Trinajstić information content (AvgIpc) is 2.28. The molecule has 0 aromatic rings. The van der Waals surface area contributed by atoms with Crippen LogP contribution in [0.2, 0.25) is 0 Å². The Balaban J connectivity index is 2.31. The van der Waals surface area contributed by atoms with Crippen molar-refractivity contribution >= 4 is 5.78 Å². The summed E-state index contributed by atoms with van der Waals surface area (Å²) in [6.07, 6.45) is -1.52. The van der Waals surface area contributed by atoms with E-state index in [0.29, 0.717) is 12.8 Å². The molecule has 7 heteroatoms. The molecule has 0 heterocycles. The first kappa shape index (κ1) is 15.3. The van der Waals surface area contributed by atoms with Crippen LogP contribution in [0.1, 0.15) is 32.1 Å². The van der Waals surface area contributed by atoms with E-state index in [1.54, 1.807) is 0 Å². The van der Waals surface area contributed by atoms with E-state index in [9.17, 15) is 26.7 Å². The van der Waals surface area contributed by atoms with E-state index in [4.69, 9.17) is 0 Å². The van der Waals surface area contributed by atoms with Gasteiger partial charge >= 0.3 is 12.1 Å². The predicted octanol–water partition coefficient (Wildman–Crippen LogP) is 3.35. The Morgan fingerprint density at radius 2 is 1.61 bits per heavy atom. The van der Waals surface area contributed by atoms with Crippen LogP contribution in [-0.4, -0.2) is 31.1 Å². The highest BCUT2D eigenvalue weighted by molar-refractivity contribution is 5.82. The minimum atomic E-state index is -5.64. The average molecular weight is 274 g/mol. The number of halogens is 5. The number of rotatable bonds is 5. The monoisotopic (exact) mass is 274 g/mol. The van der Waals surface area contributed by atoms with E-state index in [-0.39, 0.29) is 11.7 Å². The number of Topliss-reactive ketones (excluding diaryl/α,β-unsaturated/α-hetero) is 1. The topological polar surface area (TPSA) is 26.3 Å². The van der Waals surface area contributed by atoms with E-state index in [1.807, 2.05) is 0 Å². The number of ether oxygens (including phenoxy) is 1. The van der Waals surface area contributed by atoms with Crippen LogP contribution in [0.25, 0.3) is 0 Å². The molecule has 1 aliphatic rings. The lowest BCUT2D eigenvalue weighted by molar-refractivity contribution is -0.296. The standard InChI is InChI=1S/C11H15F5O2/c12-10(13,11(14,15)16)7-18-6-9(17)8-4-2-1-3-5-8/h8H,1-7H2. The molecule has 0 saturated heterocycles. The van der Waals surface area contributed by atoms with Crippen LogP contribution < -0.4 is 0 Å². The molecule has 18 heavy (non-hydrogen) atoms. The molecule has 0 N–H and O–H groups in total. The summed E-state index contributed by atoms with van der Waals surface area (Å²) >= 11 is 0. The first-order chi connectivity index (χ1) is 8.24. The summed E-state index contributed by atoms with van der Waals surface area (Å²) in [5.74, 6) is -5.54. The summed E-state index contributed by atoms with van der Waals surface area (Å²) in [4.78, 5) is 11.5.